The number of nitrogens with one attached hydrogen (secondary N) is 1. The van der Waals surface area contributed by atoms with Crippen LogP contribution in [0.5, 0.6) is 6.01 Å². The Balaban J connectivity index is 0.00000420. The zero-order valence-corrected chi connectivity index (χ0v) is 27.2. The van der Waals surface area contributed by atoms with Gasteiger partial charge in [0, 0.05) is 12.6 Å². The summed E-state index contributed by atoms with van der Waals surface area (Å²) >= 11 is 0. The Labute approximate surface area is 277 Å². The van der Waals surface area contributed by atoms with Crippen molar-refractivity contribution in [2.75, 3.05) is 19.4 Å². The average molecular weight is 628 g/mol. The van der Waals surface area contributed by atoms with Gasteiger partial charge in [-0.3, -0.25) is 9.97 Å². The molecule has 11 atom stereocenters. The largest absolute Gasteiger partial charge is 1.00 e. The van der Waals surface area contributed by atoms with E-state index in [0.29, 0.717) is 0 Å². The number of carboxylic acids is 1. The van der Waals surface area contributed by atoms with Crippen LogP contribution in [0.25, 0.3) is 0 Å². The van der Waals surface area contributed by atoms with Gasteiger partial charge < -0.3 is 74.8 Å². The molecule has 3 heterocycles. The average Bonchev–Trinajstić information content (AvgIpc) is 3.15. The molecule has 0 amide bonds. The molecule has 18 nitrogen and oxygen atoms in total. The molecular weight excluding hydrogens is 597 g/mol. The molecule has 3 rings (SSSR count). The van der Waals surface area contributed by atoms with Gasteiger partial charge in [-0.1, -0.05) is 0 Å². The molecule has 222 valence electrons. The van der Waals surface area contributed by atoms with Gasteiger partial charge in [0.05, 0.1) is 43.5 Å². The van der Waals surface area contributed by atoms with Crippen LogP contribution in [-0.2, 0) is 23.4 Å². The number of carbonyl (C=O) groups is 1. The molecule has 1 aromatic heterocycles. The summed E-state index contributed by atoms with van der Waals surface area (Å²) < 4.78 is 29.2. The molecule has 0 spiro atoms. The topological polar surface area (TPSA) is 317 Å². The number of aliphatic carboxylic acids is 1. The van der Waals surface area contributed by atoms with Crippen molar-refractivity contribution in [2.24, 2.45) is 5.73 Å². The summed E-state index contributed by atoms with van der Waals surface area (Å²) in [5.74, 6) is -1.91. The normalized spacial score (nSPS) is 34.5. The van der Waals surface area contributed by atoms with Gasteiger partial charge in [0.15, 0.2) is 6.23 Å². The van der Waals surface area contributed by atoms with E-state index in [2.05, 4.69) is 4.98 Å². The van der Waals surface area contributed by atoms with E-state index in [1.165, 1.54) is 0 Å². The predicted molar refractivity (Wildman–Crippen MR) is 119 cm³/mol. The summed E-state index contributed by atoms with van der Waals surface area (Å²) in [5.41, 5.74) is 2.98. The minimum absolute atomic E-state index is 0. The molecule has 0 aromatic carbocycles. The Morgan fingerprint density at radius 1 is 1.32 bits per heavy atom. The number of rotatable bonds is 11. The Morgan fingerprint density at radius 3 is 2.51 bits per heavy atom. The number of nitrogens with two attached hydrogens (primary N) is 1. The van der Waals surface area contributed by atoms with E-state index >= 15 is 0 Å². The SMILES string of the molecule is N=c1ccn([C@@H]2O[C@H](COP(=O)(O)CC[C@@]3(C(=O)[O-])C[C@H](O)[C@@H](N)[C@H]([C@H](O)[C@H](O)CO)O3)[C@@H](O)[C@H]2O)c([O-])n1.[Na+].[Na+]. The Bertz CT molecular complexity index is 1140. The molecule has 0 aliphatic carbocycles. The molecule has 21 heteroatoms. The summed E-state index contributed by atoms with van der Waals surface area (Å²) in [7, 11) is -4.67. The van der Waals surface area contributed by atoms with E-state index in [1.807, 2.05) is 0 Å². The third-order valence-corrected chi connectivity index (χ3v) is 8.04. The van der Waals surface area contributed by atoms with Crippen LogP contribution in [0.15, 0.2) is 12.3 Å². The quantitative estimate of drug-likeness (QED) is 0.0811. The van der Waals surface area contributed by atoms with Crippen molar-refractivity contribution in [1.82, 2.24) is 9.55 Å². The van der Waals surface area contributed by atoms with Gasteiger partial charge >= 0.3 is 66.7 Å². The van der Waals surface area contributed by atoms with Gasteiger partial charge in [0.2, 0.25) is 0 Å². The minimum atomic E-state index is -4.67. The standard InChI is InChI=1S/C20H33N4O14P.2Na/c21-11-1-3-24(19(33)23-11)17-15(30)14(29)10(37-17)7-36-39(34,35)4-2-20(18(31)32)5-8(26)12(22)16(38-20)13(28)9(27)6-25;;/h1,3,8-10,12-17,25-30H,2,4-7,22H2,(H,31,32)(H,34,35)(H2,21,23,33);;/q;2*+1/p-2/t8-,9+,10+,12+,13+,14+,15+,16+,17+,20-;;/m0../s1. The molecule has 0 bridgehead atoms. The monoisotopic (exact) mass is 628 g/mol. The first-order chi connectivity index (χ1) is 18.1. The fourth-order valence-corrected chi connectivity index (χ4v) is 5.53. The first kappa shape index (κ1) is 39.0. The van der Waals surface area contributed by atoms with Gasteiger partial charge in [-0.15, -0.1) is 0 Å². The number of nitrogens with zero attached hydrogens (tertiary/aromatic N) is 2. The summed E-state index contributed by atoms with van der Waals surface area (Å²) in [6, 6.07) is -1.20. The second-order valence-electron chi connectivity index (χ2n) is 9.41. The summed E-state index contributed by atoms with van der Waals surface area (Å²) in [6.07, 6.45) is -14.5. The number of aromatic nitrogens is 2. The van der Waals surface area contributed by atoms with Crippen molar-refractivity contribution in [2.45, 2.75) is 73.4 Å². The third kappa shape index (κ3) is 9.00. The van der Waals surface area contributed by atoms with E-state index in [-0.39, 0.29) is 64.6 Å². The second-order valence-corrected chi connectivity index (χ2v) is 11.4. The maximum Gasteiger partial charge on any atom is 1.00 e. The van der Waals surface area contributed by atoms with Crippen LogP contribution in [-0.4, -0.2) is 125 Å². The molecule has 1 aromatic rings. The molecule has 10 N–H and O–H groups in total. The van der Waals surface area contributed by atoms with Crippen LogP contribution in [0, 0.1) is 5.41 Å². The van der Waals surface area contributed by atoms with Crippen LogP contribution >= 0.6 is 7.60 Å². The number of hydrogen-bond acceptors (Lipinski definition) is 16. The summed E-state index contributed by atoms with van der Waals surface area (Å²) in [5, 5.41) is 91.2. The zero-order valence-electron chi connectivity index (χ0n) is 22.3. The van der Waals surface area contributed by atoms with E-state index in [0.717, 1.165) is 16.8 Å². The molecule has 2 aliphatic heterocycles. The second kappa shape index (κ2) is 15.8. The van der Waals surface area contributed by atoms with E-state index in [9.17, 15) is 50.0 Å². The molecule has 0 radical (unpaired) electrons. The molecule has 1 unspecified atom stereocenters. The molecule has 2 fully saturated rings. The summed E-state index contributed by atoms with van der Waals surface area (Å²) in [4.78, 5) is 25.7. The van der Waals surface area contributed by atoms with Gasteiger partial charge in [-0.2, -0.15) is 0 Å². The fourth-order valence-electron chi connectivity index (χ4n) is 4.38. The van der Waals surface area contributed by atoms with Crippen molar-refractivity contribution in [3.63, 3.8) is 0 Å². The van der Waals surface area contributed by atoms with E-state index < -0.39 is 112 Å². The molecule has 2 aliphatic rings. The maximum absolute atomic E-state index is 12.7. The summed E-state index contributed by atoms with van der Waals surface area (Å²) in [6.45, 7) is -1.72. The smallest absolute Gasteiger partial charge is 0.846 e. The van der Waals surface area contributed by atoms with Gasteiger partial charge in [-0.05, 0) is 12.5 Å². The Hall–Kier alpha value is -0.0600. The van der Waals surface area contributed by atoms with Crippen molar-refractivity contribution in [1.29, 1.82) is 5.41 Å². The van der Waals surface area contributed by atoms with Crippen molar-refractivity contribution in [3.05, 3.63) is 17.8 Å². The van der Waals surface area contributed by atoms with Crippen LogP contribution in [0.3, 0.4) is 0 Å². The number of aliphatic hydroxyl groups is 6. The Morgan fingerprint density at radius 2 is 1.95 bits per heavy atom. The van der Waals surface area contributed by atoms with Gasteiger partial charge in [-0.25, -0.2) is 4.98 Å². The van der Waals surface area contributed by atoms with Crippen LogP contribution in [0.4, 0.5) is 0 Å². The maximum atomic E-state index is 12.7. The van der Waals surface area contributed by atoms with Gasteiger partial charge in [0.25, 0.3) is 0 Å². The van der Waals surface area contributed by atoms with Crippen molar-refractivity contribution in [3.8, 4) is 6.01 Å². The Kier molecular flexibility index (Phi) is 15.0. The van der Waals surface area contributed by atoms with Crippen molar-refractivity contribution >= 4 is 13.6 Å². The molecule has 41 heavy (non-hydrogen) atoms. The fraction of sp³-hybridized carbons (Fsp3) is 0.750. The molecule has 0 saturated carbocycles. The first-order valence-electron chi connectivity index (χ1n) is 11.7. The number of carboxylic acid groups (broad SMARTS) is 1. The minimum Gasteiger partial charge on any atom is -0.846 e. The van der Waals surface area contributed by atoms with Crippen LogP contribution in [0.2, 0.25) is 0 Å². The van der Waals surface area contributed by atoms with E-state index in [1.54, 1.807) is 0 Å². The predicted octanol–water partition coefficient (Wildman–Crippen LogP) is -12.7. The number of ether oxygens (including phenoxy) is 2. The third-order valence-electron chi connectivity index (χ3n) is 6.69. The van der Waals surface area contributed by atoms with E-state index in [4.69, 9.17) is 30.2 Å². The number of hydrogen-bond donors (Lipinski definition) is 9. The number of carbonyl (C=O) groups excluding carboxylic acids is 1. The molecular formula is C20H31N4Na2O14P. The van der Waals surface area contributed by atoms with Gasteiger partial charge in [0.1, 0.15) is 47.7 Å². The van der Waals surface area contributed by atoms with Crippen LogP contribution in [0.1, 0.15) is 19.1 Å². The number of aliphatic hydroxyl groups excluding tert-OH is 6. The zero-order chi connectivity index (χ0) is 29.3. The van der Waals surface area contributed by atoms with Crippen molar-refractivity contribution < 1.29 is 128 Å². The first-order valence-corrected chi connectivity index (χ1v) is 13.5. The molecule has 2 saturated heterocycles. The van der Waals surface area contributed by atoms with Crippen LogP contribution < -0.4 is 80.5 Å².